The van der Waals surface area contributed by atoms with E-state index in [1.165, 1.54) is 0 Å². The van der Waals surface area contributed by atoms with Gasteiger partial charge in [-0.05, 0) is 37.9 Å². The van der Waals surface area contributed by atoms with Crippen LogP contribution in [0.5, 0.6) is 0 Å². The van der Waals surface area contributed by atoms with Crippen LogP contribution in [-0.2, 0) is 0 Å². The number of amides is 1. The zero-order valence-electron chi connectivity index (χ0n) is 14.5. The lowest BCUT2D eigenvalue weighted by atomic mass is 10.2. The number of piperazine rings is 1. The van der Waals surface area contributed by atoms with E-state index >= 15 is 0 Å². The van der Waals surface area contributed by atoms with Crippen LogP contribution in [0, 0.1) is 0 Å². The fourth-order valence-electron chi connectivity index (χ4n) is 2.66. The summed E-state index contributed by atoms with van der Waals surface area (Å²) in [5.41, 5.74) is 0.674. The van der Waals surface area contributed by atoms with Gasteiger partial charge in [-0.1, -0.05) is 6.92 Å². The minimum absolute atomic E-state index is 0.0592. The Bertz CT molecular complexity index is 486. The first-order valence-corrected chi connectivity index (χ1v) is 9.34. The van der Waals surface area contributed by atoms with E-state index in [0.717, 1.165) is 56.5 Å². The predicted molar refractivity (Wildman–Crippen MR) is 96.1 cm³/mol. The van der Waals surface area contributed by atoms with Crippen LogP contribution in [0.1, 0.15) is 23.7 Å². The van der Waals surface area contributed by atoms with Crippen molar-refractivity contribution < 1.29 is 4.79 Å². The molecule has 1 saturated heterocycles. The molecule has 1 aromatic heterocycles. The molecule has 5 nitrogen and oxygen atoms in total. The van der Waals surface area contributed by atoms with E-state index in [2.05, 4.69) is 28.8 Å². The Kier molecular flexibility index (Phi) is 7.33. The predicted octanol–water partition coefficient (Wildman–Crippen LogP) is 1.90. The molecule has 1 fully saturated rings. The van der Waals surface area contributed by atoms with Crippen molar-refractivity contribution >= 4 is 17.7 Å². The van der Waals surface area contributed by atoms with Gasteiger partial charge in [0.2, 0.25) is 0 Å². The van der Waals surface area contributed by atoms with Crippen LogP contribution in [-0.4, -0.2) is 84.7 Å². The molecule has 128 valence electrons. The number of hydrogen-bond donors (Lipinski definition) is 0. The topological polar surface area (TPSA) is 39.7 Å². The molecule has 0 bridgehead atoms. The highest BCUT2D eigenvalue weighted by atomic mass is 32.2. The van der Waals surface area contributed by atoms with Crippen LogP contribution in [0.4, 0.5) is 0 Å². The third-order valence-corrected chi connectivity index (χ3v) is 5.01. The van der Waals surface area contributed by atoms with E-state index in [4.69, 9.17) is 0 Å². The normalized spacial score (nSPS) is 16.5. The van der Waals surface area contributed by atoms with Crippen LogP contribution < -0.4 is 0 Å². The molecule has 1 aliphatic heterocycles. The number of pyridine rings is 1. The summed E-state index contributed by atoms with van der Waals surface area (Å²) in [7, 11) is 4.04. The van der Waals surface area contributed by atoms with E-state index in [-0.39, 0.29) is 5.91 Å². The van der Waals surface area contributed by atoms with Crippen molar-refractivity contribution in [1.82, 2.24) is 19.7 Å². The second kappa shape index (κ2) is 9.25. The monoisotopic (exact) mass is 336 g/mol. The molecule has 0 spiro atoms. The van der Waals surface area contributed by atoms with Crippen molar-refractivity contribution in [2.24, 2.45) is 0 Å². The largest absolute Gasteiger partial charge is 0.342 e. The summed E-state index contributed by atoms with van der Waals surface area (Å²) in [6, 6.07) is 3.81. The molecular formula is C17H28N4OS. The Morgan fingerprint density at radius 1 is 1.30 bits per heavy atom. The Balaban J connectivity index is 1.74. The third-order valence-electron chi connectivity index (χ3n) is 4.19. The maximum Gasteiger partial charge on any atom is 0.255 e. The van der Waals surface area contributed by atoms with Gasteiger partial charge in [-0.25, -0.2) is 4.98 Å². The number of nitrogens with zero attached hydrogens (tertiary/aromatic N) is 4. The molecule has 1 amide bonds. The fourth-order valence-corrected chi connectivity index (χ4v) is 3.25. The van der Waals surface area contributed by atoms with Gasteiger partial charge in [-0.2, -0.15) is 0 Å². The highest BCUT2D eigenvalue weighted by molar-refractivity contribution is 7.99. The smallest absolute Gasteiger partial charge is 0.255 e. The van der Waals surface area contributed by atoms with Gasteiger partial charge in [0.05, 0.1) is 10.6 Å². The minimum Gasteiger partial charge on any atom is -0.342 e. The molecule has 0 radical (unpaired) electrons. The van der Waals surface area contributed by atoms with Crippen LogP contribution in [0.15, 0.2) is 23.4 Å². The second-order valence-corrected chi connectivity index (χ2v) is 7.33. The molecule has 2 rings (SSSR count). The van der Waals surface area contributed by atoms with Crippen molar-refractivity contribution in [3.8, 4) is 0 Å². The van der Waals surface area contributed by atoms with Crippen LogP contribution in [0.25, 0.3) is 0 Å². The summed E-state index contributed by atoms with van der Waals surface area (Å²) in [4.78, 5) is 23.4. The van der Waals surface area contributed by atoms with E-state index in [1.54, 1.807) is 22.9 Å². The first-order chi connectivity index (χ1) is 11.1. The minimum atomic E-state index is 0.0592. The molecule has 0 unspecified atom stereocenters. The number of carbonyl (C=O) groups excluding carboxylic acids is 1. The number of likely N-dealkylation sites (N-methyl/N-ethyl adjacent to an activating group) is 1. The first-order valence-electron chi connectivity index (χ1n) is 8.35. The quantitative estimate of drug-likeness (QED) is 0.711. The summed E-state index contributed by atoms with van der Waals surface area (Å²) in [5, 5.41) is 0.974. The average Bonchev–Trinajstić information content (AvgIpc) is 2.57. The van der Waals surface area contributed by atoms with Gasteiger partial charge in [0, 0.05) is 46.0 Å². The summed E-state index contributed by atoms with van der Waals surface area (Å²) in [5.74, 6) is 1.05. The Labute approximate surface area is 144 Å². The summed E-state index contributed by atoms with van der Waals surface area (Å²) in [6.07, 6.45) is 2.71. The number of aromatic nitrogens is 1. The van der Waals surface area contributed by atoms with Crippen molar-refractivity contribution in [1.29, 1.82) is 0 Å². The van der Waals surface area contributed by atoms with Gasteiger partial charge in [0.15, 0.2) is 0 Å². The van der Waals surface area contributed by atoms with E-state index in [0.29, 0.717) is 5.56 Å². The molecule has 6 heteroatoms. The first kappa shape index (κ1) is 18.2. The number of hydrogen-bond acceptors (Lipinski definition) is 5. The van der Waals surface area contributed by atoms with Crippen molar-refractivity contribution in [3.05, 3.63) is 23.9 Å². The van der Waals surface area contributed by atoms with Crippen molar-refractivity contribution in [2.75, 3.05) is 59.1 Å². The molecule has 1 aromatic rings. The molecular weight excluding hydrogens is 308 g/mol. The van der Waals surface area contributed by atoms with Gasteiger partial charge in [0.1, 0.15) is 0 Å². The van der Waals surface area contributed by atoms with E-state index in [9.17, 15) is 4.79 Å². The van der Waals surface area contributed by atoms with Crippen molar-refractivity contribution in [3.63, 3.8) is 0 Å². The number of carbonyl (C=O) groups is 1. The molecule has 0 aliphatic carbocycles. The summed E-state index contributed by atoms with van der Waals surface area (Å²) >= 11 is 1.69. The van der Waals surface area contributed by atoms with Crippen LogP contribution in [0.3, 0.4) is 0 Å². The lowest BCUT2D eigenvalue weighted by Gasteiger charge is -2.32. The van der Waals surface area contributed by atoms with Gasteiger partial charge >= 0.3 is 0 Å². The SMILES string of the molecule is CCSc1ccc(C(=O)N(C)CCCN2CCN(C)CC2)cn1. The Morgan fingerprint density at radius 2 is 2.04 bits per heavy atom. The molecule has 0 aromatic carbocycles. The molecule has 0 N–H and O–H groups in total. The lowest BCUT2D eigenvalue weighted by molar-refractivity contribution is 0.0782. The maximum absolute atomic E-state index is 12.4. The van der Waals surface area contributed by atoms with Crippen LogP contribution >= 0.6 is 11.8 Å². The molecule has 0 atom stereocenters. The molecule has 2 heterocycles. The standard InChI is InChI=1S/C17H28N4OS/c1-4-23-16-7-6-15(14-18-16)17(22)20(3)8-5-9-21-12-10-19(2)11-13-21/h6-7,14H,4-5,8-13H2,1-3H3. The molecule has 1 aliphatic rings. The second-order valence-electron chi connectivity index (χ2n) is 6.04. The van der Waals surface area contributed by atoms with Crippen LogP contribution in [0.2, 0.25) is 0 Å². The van der Waals surface area contributed by atoms with Crippen molar-refractivity contribution in [2.45, 2.75) is 18.4 Å². The Morgan fingerprint density at radius 3 is 2.65 bits per heavy atom. The van der Waals surface area contributed by atoms with E-state index in [1.807, 2.05) is 19.2 Å². The van der Waals surface area contributed by atoms with Gasteiger partial charge in [0.25, 0.3) is 5.91 Å². The Hall–Kier alpha value is -1.11. The number of rotatable bonds is 7. The lowest BCUT2D eigenvalue weighted by Crippen LogP contribution is -2.45. The average molecular weight is 337 g/mol. The number of thioether (sulfide) groups is 1. The maximum atomic E-state index is 12.4. The molecule has 23 heavy (non-hydrogen) atoms. The fraction of sp³-hybridized carbons (Fsp3) is 0.647. The van der Waals surface area contributed by atoms with Gasteiger partial charge in [-0.3, -0.25) is 4.79 Å². The highest BCUT2D eigenvalue weighted by Crippen LogP contribution is 2.15. The highest BCUT2D eigenvalue weighted by Gasteiger charge is 2.15. The summed E-state index contributed by atoms with van der Waals surface area (Å²) in [6.45, 7) is 8.50. The zero-order chi connectivity index (χ0) is 16.7. The third kappa shape index (κ3) is 5.79. The molecule has 0 saturated carbocycles. The summed E-state index contributed by atoms with van der Waals surface area (Å²) < 4.78 is 0. The van der Waals surface area contributed by atoms with E-state index < -0.39 is 0 Å². The zero-order valence-corrected chi connectivity index (χ0v) is 15.3. The van der Waals surface area contributed by atoms with Gasteiger partial charge in [-0.15, -0.1) is 11.8 Å². The van der Waals surface area contributed by atoms with Gasteiger partial charge < -0.3 is 14.7 Å².